The van der Waals surface area contributed by atoms with Crippen LogP contribution in [0.3, 0.4) is 0 Å². The topological polar surface area (TPSA) is 53.1 Å². The quantitative estimate of drug-likeness (QED) is 0.940. The highest BCUT2D eigenvalue weighted by Crippen LogP contribution is 2.23. The molecular formula is C14H18BrN3O. The second-order valence-electron chi connectivity index (χ2n) is 4.62. The molecule has 102 valence electrons. The predicted molar refractivity (Wildman–Crippen MR) is 79.0 cm³/mol. The number of aryl methyl sites for hydroxylation is 2. The predicted octanol–water partition coefficient (Wildman–Crippen LogP) is 3.09. The normalized spacial score (nSPS) is 12.5. The van der Waals surface area contributed by atoms with Crippen molar-refractivity contribution in [2.75, 3.05) is 0 Å². The van der Waals surface area contributed by atoms with Crippen LogP contribution in [0, 0.1) is 6.92 Å². The molecule has 4 nitrogen and oxygen atoms in total. The molecule has 1 heterocycles. The third kappa shape index (κ3) is 3.16. The molecule has 0 bridgehead atoms. The molecule has 2 N–H and O–H groups in total. The van der Waals surface area contributed by atoms with Gasteiger partial charge in [-0.2, -0.15) is 5.10 Å². The molecule has 0 saturated heterocycles. The van der Waals surface area contributed by atoms with Gasteiger partial charge in [0.05, 0.1) is 15.9 Å². The van der Waals surface area contributed by atoms with Gasteiger partial charge in [-0.05, 0) is 47.5 Å². The Bertz CT molecular complexity index is 578. The molecule has 5 heteroatoms. The van der Waals surface area contributed by atoms with Crippen molar-refractivity contribution in [3.8, 4) is 5.75 Å². The van der Waals surface area contributed by atoms with Crippen molar-refractivity contribution in [1.29, 1.82) is 0 Å². The van der Waals surface area contributed by atoms with E-state index < -0.39 is 0 Å². The first-order valence-corrected chi connectivity index (χ1v) is 6.94. The number of nitrogens with two attached hydrogens (primary N) is 1. The Hall–Kier alpha value is -1.33. The highest BCUT2D eigenvalue weighted by atomic mass is 79.9. The molecule has 1 atom stereocenters. The SMILES string of the molecule is Cc1nn(C)c(COc2cccc([C@@H](C)N)c2)c1Br. The molecule has 0 spiro atoms. The van der Waals surface area contributed by atoms with Crippen LogP contribution in [-0.4, -0.2) is 9.78 Å². The van der Waals surface area contributed by atoms with Gasteiger partial charge in [0, 0.05) is 13.1 Å². The van der Waals surface area contributed by atoms with E-state index in [1.165, 1.54) is 0 Å². The summed E-state index contributed by atoms with van der Waals surface area (Å²) in [4.78, 5) is 0. The van der Waals surface area contributed by atoms with Crippen molar-refractivity contribution in [2.24, 2.45) is 12.8 Å². The molecule has 0 aliphatic heterocycles. The van der Waals surface area contributed by atoms with E-state index in [0.29, 0.717) is 6.61 Å². The minimum atomic E-state index is 0.00855. The molecule has 0 aliphatic carbocycles. The van der Waals surface area contributed by atoms with Gasteiger partial charge in [0.2, 0.25) is 0 Å². The van der Waals surface area contributed by atoms with Crippen molar-refractivity contribution >= 4 is 15.9 Å². The van der Waals surface area contributed by atoms with Gasteiger partial charge in [0.15, 0.2) is 0 Å². The van der Waals surface area contributed by atoms with Gasteiger partial charge in [-0.25, -0.2) is 0 Å². The van der Waals surface area contributed by atoms with Crippen LogP contribution in [0.4, 0.5) is 0 Å². The fourth-order valence-corrected chi connectivity index (χ4v) is 2.33. The molecule has 0 saturated carbocycles. The highest BCUT2D eigenvalue weighted by molar-refractivity contribution is 9.10. The van der Waals surface area contributed by atoms with E-state index in [9.17, 15) is 0 Å². The first-order valence-electron chi connectivity index (χ1n) is 6.15. The van der Waals surface area contributed by atoms with Gasteiger partial charge in [-0.1, -0.05) is 12.1 Å². The van der Waals surface area contributed by atoms with Gasteiger partial charge in [-0.15, -0.1) is 0 Å². The molecular weight excluding hydrogens is 306 g/mol. The number of benzene rings is 1. The monoisotopic (exact) mass is 323 g/mol. The fraction of sp³-hybridized carbons (Fsp3) is 0.357. The lowest BCUT2D eigenvalue weighted by molar-refractivity contribution is 0.293. The van der Waals surface area contributed by atoms with Crippen LogP contribution in [0.1, 0.15) is 29.9 Å². The maximum absolute atomic E-state index is 5.86. The van der Waals surface area contributed by atoms with Crippen molar-refractivity contribution < 1.29 is 4.74 Å². The molecule has 2 aromatic rings. The van der Waals surface area contributed by atoms with E-state index in [1.54, 1.807) is 0 Å². The van der Waals surface area contributed by atoms with Gasteiger partial charge in [-0.3, -0.25) is 4.68 Å². The molecule has 0 aliphatic rings. The van der Waals surface area contributed by atoms with Crippen LogP contribution < -0.4 is 10.5 Å². The van der Waals surface area contributed by atoms with Crippen LogP contribution in [0.2, 0.25) is 0 Å². The summed E-state index contributed by atoms with van der Waals surface area (Å²) < 4.78 is 8.64. The van der Waals surface area contributed by atoms with E-state index in [2.05, 4.69) is 21.0 Å². The number of hydrogen-bond donors (Lipinski definition) is 1. The molecule has 2 rings (SSSR count). The average Bonchev–Trinajstić information content (AvgIpc) is 2.61. The lowest BCUT2D eigenvalue weighted by Gasteiger charge is -2.10. The molecule has 19 heavy (non-hydrogen) atoms. The number of aromatic nitrogens is 2. The Morgan fingerprint density at radius 2 is 2.21 bits per heavy atom. The summed E-state index contributed by atoms with van der Waals surface area (Å²) in [6.45, 7) is 4.39. The standard InChI is InChI=1S/C14H18BrN3O/c1-9(16)11-5-4-6-12(7-11)19-8-13-14(15)10(2)17-18(13)3/h4-7,9H,8,16H2,1-3H3/t9-/m1/s1. The summed E-state index contributed by atoms with van der Waals surface area (Å²) in [5.74, 6) is 0.820. The van der Waals surface area contributed by atoms with Crippen LogP contribution in [0.5, 0.6) is 5.75 Å². The Kier molecular flexibility index (Phi) is 4.27. The van der Waals surface area contributed by atoms with E-state index in [0.717, 1.165) is 27.2 Å². The van der Waals surface area contributed by atoms with Gasteiger partial charge < -0.3 is 10.5 Å². The first kappa shape index (κ1) is 14.1. The summed E-state index contributed by atoms with van der Waals surface area (Å²) in [7, 11) is 1.91. The zero-order chi connectivity index (χ0) is 14.0. The molecule has 0 radical (unpaired) electrons. The molecule has 0 amide bonds. The summed E-state index contributed by atoms with van der Waals surface area (Å²) in [5, 5.41) is 4.34. The van der Waals surface area contributed by atoms with Crippen molar-refractivity contribution in [3.63, 3.8) is 0 Å². The van der Waals surface area contributed by atoms with Crippen LogP contribution >= 0.6 is 15.9 Å². The second kappa shape index (κ2) is 5.75. The number of hydrogen-bond acceptors (Lipinski definition) is 3. The van der Waals surface area contributed by atoms with E-state index in [4.69, 9.17) is 10.5 Å². The van der Waals surface area contributed by atoms with Gasteiger partial charge in [0.25, 0.3) is 0 Å². The Morgan fingerprint density at radius 1 is 1.47 bits per heavy atom. The Morgan fingerprint density at radius 3 is 2.79 bits per heavy atom. The second-order valence-corrected chi connectivity index (χ2v) is 5.41. The maximum Gasteiger partial charge on any atom is 0.131 e. The summed E-state index contributed by atoms with van der Waals surface area (Å²) in [6.07, 6.45) is 0. The van der Waals surface area contributed by atoms with Gasteiger partial charge in [0.1, 0.15) is 12.4 Å². The lowest BCUT2D eigenvalue weighted by Crippen LogP contribution is -2.06. The highest BCUT2D eigenvalue weighted by Gasteiger charge is 2.11. The van der Waals surface area contributed by atoms with Crippen LogP contribution in [0.25, 0.3) is 0 Å². The first-order chi connectivity index (χ1) is 8.99. The Labute approximate surface area is 121 Å². The average molecular weight is 324 g/mol. The summed E-state index contributed by atoms with van der Waals surface area (Å²) >= 11 is 3.53. The fourth-order valence-electron chi connectivity index (χ4n) is 1.88. The molecule has 0 unspecified atom stereocenters. The van der Waals surface area contributed by atoms with Crippen molar-refractivity contribution in [1.82, 2.24) is 9.78 Å². The molecule has 1 aromatic heterocycles. The third-order valence-corrected chi connectivity index (χ3v) is 4.05. The van der Waals surface area contributed by atoms with Crippen LogP contribution in [-0.2, 0) is 13.7 Å². The third-order valence-electron chi connectivity index (χ3n) is 3.02. The van der Waals surface area contributed by atoms with Crippen molar-refractivity contribution in [2.45, 2.75) is 26.5 Å². The summed E-state index contributed by atoms with van der Waals surface area (Å²) in [5.41, 5.74) is 8.91. The van der Waals surface area contributed by atoms with Gasteiger partial charge >= 0.3 is 0 Å². The zero-order valence-corrected chi connectivity index (χ0v) is 12.9. The molecule has 1 aromatic carbocycles. The smallest absolute Gasteiger partial charge is 0.131 e. The van der Waals surface area contributed by atoms with Crippen LogP contribution in [0.15, 0.2) is 28.7 Å². The van der Waals surface area contributed by atoms with E-state index in [1.807, 2.05) is 49.8 Å². The number of ether oxygens (including phenoxy) is 1. The van der Waals surface area contributed by atoms with E-state index in [-0.39, 0.29) is 6.04 Å². The van der Waals surface area contributed by atoms with E-state index >= 15 is 0 Å². The lowest BCUT2D eigenvalue weighted by atomic mass is 10.1. The zero-order valence-electron chi connectivity index (χ0n) is 11.4. The number of rotatable bonds is 4. The minimum absolute atomic E-state index is 0.00855. The minimum Gasteiger partial charge on any atom is -0.487 e. The van der Waals surface area contributed by atoms with Crippen molar-refractivity contribution in [3.05, 3.63) is 45.7 Å². The largest absolute Gasteiger partial charge is 0.487 e. The Balaban J connectivity index is 2.12. The number of halogens is 1. The maximum atomic E-state index is 5.86. The molecule has 0 fully saturated rings. The number of nitrogens with zero attached hydrogens (tertiary/aromatic N) is 2. The summed E-state index contributed by atoms with van der Waals surface area (Å²) in [6, 6.07) is 7.87.